The molecule has 2 aliphatic rings. The van der Waals surface area contributed by atoms with Crippen molar-refractivity contribution < 1.29 is 0 Å². The first kappa shape index (κ1) is 6.66. The van der Waals surface area contributed by atoms with E-state index in [1.54, 1.807) is 0 Å². The molecule has 0 radical (unpaired) electrons. The van der Waals surface area contributed by atoms with E-state index in [0.717, 1.165) is 17.9 Å². The zero-order valence-corrected chi connectivity index (χ0v) is 6.77. The van der Waals surface area contributed by atoms with Crippen LogP contribution in [0, 0.1) is 11.8 Å². The Kier molecular flexibility index (Phi) is 1.69. The number of hydrogen-bond donors (Lipinski definition) is 1. The van der Waals surface area contributed by atoms with E-state index in [1.807, 2.05) is 0 Å². The monoisotopic (exact) mass is 139 g/mol. The highest BCUT2D eigenvalue weighted by atomic mass is 15.0. The first-order valence-electron chi connectivity index (χ1n) is 4.61. The van der Waals surface area contributed by atoms with E-state index in [4.69, 9.17) is 0 Å². The maximum Gasteiger partial charge on any atom is 0.00984 e. The van der Waals surface area contributed by atoms with E-state index in [-0.39, 0.29) is 0 Å². The Morgan fingerprint density at radius 3 is 2.80 bits per heavy atom. The van der Waals surface area contributed by atoms with Gasteiger partial charge in [0, 0.05) is 6.04 Å². The van der Waals surface area contributed by atoms with Crippen LogP contribution in [0.4, 0.5) is 0 Å². The first-order valence-corrected chi connectivity index (χ1v) is 4.61. The van der Waals surface area contributed by atoms with Crippen LogP contribution in [0.25, 0.3) is 0 Å². The molecule has 0 bridgehead atoms. The Morgan fingerprint density at radius 1 is 1.20 bits per heavy atom. The average Bonchev–Trinajstić information content (AvgIpc) is 2.34. The second-order valence-electron chi connectivity index (χ2n) is 3.94. The van der Waals surface area contributed by atoms with Crippen molar-refractivity contribution in [3.8, 4) is 0 Å². The topological polar surface area (TPSA) is 12.0 Å². The fourth-order valence-electron chi connectivity index (χ4n) is 2.58. The van der Waals surface area contributed by atoms with E-state index >= 15 is 0 Å². The molecule has 0 aromatic carbocycles. The van der Waals surface area contributed by atoms with Gasteiger partial charge in [-0.15, -0.1) is 0 Å². The summed E-state index contributed by atoms with van der Waals surface area (Å²) in [4.78, 5) is 0. The number of nitrogens with one attached hydrogen (secondary N) is 1. The van der Waals surface area contributed by atoms with E-state index in [0.29, 0.717) is 0 Å². The molecule has 10 heavy (non-hydrogen) atoms. The van der Waals surface area contributed by atoms with Gasteiger partial charge in [-0.25, -0.2) is 0 Å². The van der Waals surface area contributed by atoms with Gasteiger partial charge >= 0.3 is 0 Å². The lowest BCUT2D eigenvalue weighted by Gasteiger charge is -2.26. The standard InChI is InChI=1S/C9H17N/c1-7-6-10-9-5-3-2-4-8(7)9/h7-10H,2-6H2,1H3/t7-,8-,9+/m1/s1. The van der Waals surface area contributed by atoms with Gasteiger partial charge in [-0.3, -0.25) is 0 Å². The van der Waals surface area contributed by atoms with Crippen LogP contribution in [0.1, 0.15) is 32.6 Å². The minimum absolute atomic E-state index is 0.892. The van der Waals surface area contributed by atoms with Gasteiger partial charge in [0.1, 0.15) is 0 Å². The van der Waals surface area contributed by atoms with Crippen molar-refractivity contribution >= 4 is 0 Å². The average molecular weight is 139 g/mol. The highest BCUT2D eigenvalue weighted by molar-refractivity contribution is 4.90. The SMILES string of the molecule is C[C@@H]1CN[C@H]2CCCC[C@H]12. The third-order valence-electron chi connectivity index (χ3n) is 3.25. The molecule has 1 nitrogen and oxygen atoms in total. The highest BCUT2D eigenvalue weighted by Crippen LogP contribution is 2.33. The van der Waals surface area contributed by atoms with Crippen LogP contribution in [-0.4, -0.2) is 12.6 Å². The van der Waals surface area contributed by atoms with E-state index in [1.165, 1.54) is 32.2 Å². The molecule has 1 saturated heterocycles. The van der Waals surface area contributed by atoms with Crippen LogP contribution in [0.15, 0.2) is 0 Å². The van der Waals surface area contributed by atoms with Crippen LogP contribution >= 0.6 is 0 Å². The van der Waals surface area contributed by atoms with Crippen LogP contribution in [0.5, 0.6) is 0 Å². The van der Waals surface area contributed by atoms with Crippen LogP contribution in [-0.2, 0) is 0 Å². The number of hydrogen-bond acceptors (Lipinski definition) is 1. The maximum absolute atomic E-state index is 3.61. The molecule has 1 heterocycles. The fraction of sp³-hybridized carbons (Fsp3) is 1.00. The van der Waals surface area contributed by atoms with Crippen molar-refractivity contribution in [1.29, 1.82) is 0 Å². The molecule has 0 aromatic heterocycles. The molecule has 0 amide bonds. The van der Waals surface area contributed by atoms with E-state index in [9.17, 15) is 0 Å². The van der Waals surface area contributed by atoms with Gasteiger partial charge < -0.3 is 5.32 Å². The summed E-state index contributed by atoms with van der Waals surface area (Å²) in [7, 11) is 0. The fourth-order valence-corrected chi connectivity index (χ4v) is 2.58. The van der Waals surface area contributed by atoms with Gasteiger partial charge in [0.25, 0.3) is 0 Å². The normalized spacial score (nSPS) is 47.1. The molecule has 1 aliphatic carbocycles. The lowest BCUT2D eigenvalue weighted by Crippen LogP contribution is -2.29. The van der Waals surface area contributed by atoms with Gasteiger partial charge in [-0.1, -0.05) is 19.8 Å². The number of fused-ring (bicyclic) bond motifs is 1. The molecule has 1 saturated carbocycles. The van der Waals surface area contributed by atoms with Gasteiger partial charge in [-0.05, 0) is 31.2 Å². The van der Waals surface area contributed by atoms with Crippen LogP contribution < -0.4 is 5.32 Å². The Labute approximate surface area is 63.2 Å². The first-order chi connectivity index (χ1) is 4.88. The molecule has 0 unspecified atom stereocenters. The highest BCUT2D eigenvalue weighted by Gasteiger charge is 2.34. The predicted molar refractivity (Wildman–Crippen MR) is 42.9 cm³/mol. The van der Waals surface area contributed by atoms with Gasteiger partial charge in [0.05, 0.1) is 0 Å². The molecule has 3 atom stereocenters. The molecule has 1 heteroatoms. The second kappa shape index (κ2) is 2.54. The molecule has 58 valence electrons. The molecular weight excluding hydrogens is 122 g/mol. The smallest absolute Gasteiger partial charge is 0.00984 e. The third kappa shape index (κ3) is 0.968. The largest absolute Gasteiger partial charge is 0.313 e. The minimum atomic E-state index is 0.892. The Balaban J connectivity index is 2.01. The third-order valence-corrected chi connectivity index (χ3v) is 3.25. The summed E-state index contributed by atoms with van der Waals surface area (Å²) in [5, 5.41) is 3.61. The summed E-state index contributed by atoms with van der Waals surface area (Å²) in [6.45, 7) is 3.66. The van der Waals surface area contributed by atoms with Crippen molar-refractivity contribution in [3.63, 3.8) is 0 Å². The molecule has 2 fully saturated rings. The van der Waals surface area contributed by atoms with Gasteiger partial charge in [-0.2, -0.15) is 0 Å². The van der Waals surface area contributed by atoms with E-state index < -0.39 is 0 Å². The van der Waals surface area contributed by atoms with E-state index in [2.05, 4.69) is 12.2 Å². The predicted octanol–water partition coefficient (Wildman–Crippen LogP) is 1.78. The van der Waals surface area contributed by atoms with Crippen molar-refractivity contribution in [1.82, 2.24) is 5.32 Å². The summed E-state index contributed by atoms with van der Waals surface area (Å²) in [5.41, 5.74) is 0. The quantitative estimate of drug-likeness (QED) is 0.539. The zero-order valence-electron chi connectivity index (χ0n) is 6.77. The number of rotatable bonds is 0. The molecule has 2 rings (SSSR count). The Hall–Kier alpha value is -0.0400. The molecule has 1 aliphatic heterocycles. The second-order valence-corrected chi connectivity index (χ2v) is 3.94. The molecule has 0 aromatic rings. The summed E-state index contributed by atoms with van der Waals surface area (Å²) in [6.07, 6.45) is 5.86. The van der Waals surface area contributed by atoms with Crippen LogP contribution in [0.3, 0.4) is 0 Å². The zero-order chi connectivity index (χ0) is 6.97. The minimum Gasteiger partial charge on any atom is -0.313 e. The molecule has 1 N–H and O–H groups in total. The summed E-state index contributed by atoms with van der Waals surface area (Å²) >= 11 is 0. The lowest BCUT2D eigenvalue weighted by atomic mass is 9.81. The Morgan fingerprint density at radius 2 is 2.00 bits per heavy atom. The molecule has 0 spiro atoms. The Bertz CT molecular complexity index is 120. The van der Waals surface area contributed by atoms with Crippen molar-refractivity contribution in [3.05, 3.63) is 0 Å². The summed E-state index contributed by atoms with van der Waals surface area (Å²) in [6, 6.07) is 0.892. The van der Waals surface area contributed by atoms with Crippen LogP contribution in [0.2, 0.25) is 0 Å². The van der Waals surface area contributed by atoms with Gasteiger partial charge in [0.15, 0.2) is 0 Å². The van der Waals surface area contributed by atoms with Gasteiger partial charge in [0.2, 0.25) is 0 Å². The molecular formula is C9H17N. The summed E-state index contributed by atoms with van der Waals surface area (Å²) in [5.74, 6) is 1.97. The van der Waals surface area contributed by atoms with Crippen molar-refractivity contribution in [2.75, 3.05) is 6.54 Å². The summed E-state index contributed by atoms with van der Waals surface area (Å²) < 4.78 is 0. The van der Waals surface area contributed by atoms with Crippen molar-refractivity contribution in [2.45, 2.75) is 38.6 Å². The van der Waals surface area contributed by atoms with Crippen molar-refractivity contribution in [2.24, 2.45) is 11.8 Å². The lowest BCUT2D eigenvalue weighted by molar-refractivity contribution is 0.285. The maximum atomic E-state index is 3.61.